The molecular weight excluding hydrogens is 525 g/mol. The van der Waals surface area contributed by atoms with Gasteiger partial charge in [0.25, 0.3) is 0 Å². The number of guanidine groups is 1. The lowest BCUT2D eigenvalue weighted by molar-refractivity contribution is -0.117. The molecule has 1 saturated heterocycles. The van der Waals surface area contributed by atoms with Crippen LogP contribution in [0.2, 0.25) is 0 Å². The fourth-order valence-corrected chi connectivity index (χ4v) is 4.91. The van der Waals surface area contributed by atoms with Gasteiger partial charge in [0.05, 0.1) is 25.8 Å². The van der Waals surface area contributed by atoms with E-state index in [9.17, 15) is 4.79 Å². The molecule has 0 spiro atoms. The summed E-state index contributed by atoms with van der Waals surface area (Å²) in [6, 6.07) is 12.6. The Bertz CT molecular complexity index is 871. The molecule has 0 bridgehead atoms. The molecule has 1 unspecified atom stereocenters. The Morgan fingerprint density at radius 2 is 1.97 bits per heavy atom. The van der Waals surface area contributed by atoms with Crippen molar-refractivity contribution in [2.75, 3.05) is 57.9 Å². The maximum Gasteiger partial charge on any atom is 0.246 e. The molecule has 0 saturated carbocycles. The fourth-order valence-electron chi connectivity index (χ4n) is 4.05. The molecule has 0 radical (unpaired) electrons. The van der Waals surface area contributed by atoms with E-state index in [0.717, 1.165) is 51.5 Å². The number of hydrogen-bond acceptors (Lipinski definition) is 5. The van der Waals surface area contributed by atoms with Crippen molar-refractivity contribution in [3.05, 3.63) is 52.2 Å². The number of fused-ring (bicyclic) bond motifs is 1. The summed E-state index contributed by atoms with van der Waals surface area (Å²) in [5.74, 6) is 0.705. The van der Waals surface area contributed by atoms with Crippen LogP contribution in [0.3, 0.4) is 0 Å². The Morgan fingerprint density at radius 3 is 2.71 bits per heavy atom. The third-order valence-corrected chi connectivity index (χ3v) is 6.61. The van der Waals surface area contributed by atoms with Crippen molar-refractivity contribution in [1.29, 1.82) is 0 Å². The second-order valence-electron chi connectivity index (χ2n) is 7.41. The summed E-state index contributed by atoms with van der Waals surface area (Å²) in [4.78, 5) is 22.7. The average molecular weight is 555 g/mol. The number of para-hydroxylation sites is 1. The number of rotatable bonds is 6. The van der Waals surface area contributed by atoms with Gasteiger partial charge in [-0.15, -0.1) is 35.3 Å². The predicted octanol–water partition coefficient (Wildman–Crippen LogP) is 2.49. The molecule has 1 atom stereocenters. The van der Waals surface area contributed by atoms with Gasteiger partial charge < -0.3 is 20.3 Å². The lowest BCUT2D eigenvalue weighted by Crippen LogP contribution is -2.48. The number of nitrogens with one attached hydrogen (secondary N) is 2. The molecule has 1 aromatic carbocycles. The highest BCUT2D eigenvalue weighted by molar-refractivity contribution is 14.0. The van der Waals surface area contributed by atoms with Crippen molar-refractivity contribution in [3.8, 4) is 0 Å². The van der Waals surface area contributed by atoms with Gasteiger partial charge in [0.15, 0.2) is 5.96 Å². The highest BCUT2D eigenvalue weighted by Crippen LogP contribution is 2.27. The summed E-state index contributed by atoms with van der Waals surface area (Å²) >= 11 is 1.77. The van der Waals surface area contributed by atoms with E-state index in [4.69, 9.17) is 4.74 Å². The van der Waals surface area contributed by atoms with Gasteiger partial charge >= 0.3 is 0 Å². The Labute approximate surface area is 204 Å². The maximum atomic E-state index is 12.8. The first-order valence-electron chi connectivity index (χ1n) is 10.4. The summed E-state index contributed by atoms with van der Waals surface area (Å²) in [5.41, 5.74) is 2.26. The minimum absolute atomic E-state index is 0. The number of anilines is 1. The molecule has 0 aliphatic carbocycles. The molecule has 1 aromatic heterocycles. The van der Waals surface area contributed by atoms with Crippen molar-refractivity contribution in [2.24, 2.45) is 4.99 Å². The van der Waals surface area contributed by atoms with E-state index in [1.54, 1.807) is 18.4 Å². The van der Waals surface area contributed by atoms with Crippen LogP contribution in [0.4, 0.5) is 5.69 Å². The molecular formula is C22H30IN5O2S. The van der Waals surface area contributed by atoms with Crippen LogP contribution in [-0.2, 0) is 16.0 Å². The normalized spacial score (nSPS) is 17.6. The van der Waals surface area contributed by atoms with Crippen LogP contribution < -0.4 is 15.5 Å². The number of amides is 1. The SMILES string of the molecule is CN=C(NCC(=O)N1CCc2ccccc21)NCC(c1cccs1)N1CCOCC1.I. The van der Waals surface area contributed by atoms with Gasteiger partial charge in [-0.1, -0.05) is 24.3 Å². The van der Waals surface area contributed by atoms with Gasteiger partial charge in [-0.05, 0) is 29.5 Å². The number of ether oxygens (including phenoxy) is 1. The lowest BCUT2D eigenvalue weighted by Gasteiger charge is -2.34. The summed E-state index contributed by atoms with van der Waals surface area (Å²) in [5, 5.41) is 8.71. The lowest BCUT2D eigenvalue weighted by atomic mass is 10.2. The van der Waals surface area contributed by atoms with Gasteiger partial charge in [-0.3, -0.25) is 14.7 Å². The van der Waals surface area contributed by atoms with Gasteiger partial charge in [-0.2, -0.15) is 0 Å². The summed E-state index contributed by atoms with van der Waals surface area (Å²) in [7, 11) is 1.74. The van der Waals surface area contributed by atoms with E-state index >= 15 is 0 Å². The second-order valence-corrected chi connectivity index (χ2v) is 8.39. The zero-order chi connectivity index (χ0) is 20.8. The third kappa shape index (κ3) is 5.97. The number of benzene rings is 1. The minimum atomic E-state index is 0. The van der Waals surface area contributed by atoms with Crippen molar-refractivity contribution < 1.29 is 9.53 Å². The molecule has 2 aliphatic rings. The average Bonchev–Trinajstić information content (AvgIpc) is 3.47. The zero-order valence-corrected chi connectivity index (χ0v) is 20.9. The third-order valence-electron chi connectivity index (χ3n) is 5.64. The van der Waals surface area contributed by atoms with Crippen molar-refractivity contribution in [3.63, 3.8) is 0 Å². The van der Waals surface area contributed by atoms with E-state index < -0.39 is 0 Å². The van der Waals surface area contributed by atoms with Crippen LogP contribution in [0.15, 0.2) is 46.8 Å². The van der Waals surface area contributed by atoms with E-state index in [0.29, 0.717) is 5.96 Å². The first-order chi connectivity index (χ1) is 14.8. The number of hydrogen-bond donors (Lipinski definition) is 2. The van der Waals surface area contributed by atoms with Crippen LogP contribution in [0, 0.1) is 0 Å². The number of thiophene rings is 1. The molecule has 2 aromatic rings. The first-order valence-corrected chi connectivity index (χ1v) is 11.3. The van der Waals surface area contributed by atoms with Crippen LogP contribution in [0.1, 0.15) is 16.5 Å². The Kier molecular flexibility index (Phi) is 9.12. The zero-order valence-electron chi connectivity index (χ0n) is 17.8. The predicted molar refractivity (Wildman–Crippen MR) is 137 cm³/mol. The molecule has 168 valence electrons. The largest absolute Gasteiger partial charge is 0.379 e. The van der Waals surface area contributed by atoms with Crippen LogP contribution in [0.5, 0.6) is 0 Å². The quantitative estimate of drug-likeness (QED) is 0.326. The summed E-state index contributed by atoms with van der Waals surface area (Å²) < 4.78 is 5.52. The van der Waals surface area contributed by atoms with E-state index in [1.165, 1.54) is 10.4 Å². The number of halogens is 1. The van der Waals surface area contributed by atoms with E-state index in [-0.39, 0.29) is 42.5 Å². The summed E-state index contributed by atoms with van der Waals surface area (Å²) in [6.07, 6.45) is 0.914. The van der Waals surface area contributed by atoms with Gasteiger partial charge in [0.2, 0.25) is 5.91 Å². The maximum absolute atomic E-state index is 12.8. The van der Waals surface area contributed by atoms with E-state index in [1.807, 2.05) is 23.1 Å². The number of aliphatic imine (C=N–C) groups is 1. The Balaban J connectivity index is 0.00000272. The monoisotopic (exact) mass is 555 g/mol. The van der Waals surface area contributed by atoms with Crippen molar-refractivity contribution in [1.82, 2.24) is 15.5 Å². The number of carbonyl (C=O) groups is 1. The molecule has 7 nitrogen and oxygen atoms in total. The number of carbonyl (C=O) groups excluding carboxylic acids is 1. The Hall–Kier alpha value is -1.69. The highest BCUT2D eigenvalue weighted by Gasteiger charge is 2.25. The molecule has 1 fully saturated rings. The van der Waals surface area contributed by atoms with Gasteiger partial charge in [0.1, 0.15) is 0 Å². The van der Waals surface area contributed by atoms with Gasteiger partial charge in [-0.25, -0.2) is 0 Å². The second kappa shape index (κ2) is 11.8. The molecule has 2 aliphatic heterocycles. The molecule has 4 rings (SSSR count). The molecule has 31 heavy (non-hydrogen) atoms. The number of morpholine rings is 1. The minimum Gasteiger partial charge on any atom is -0.379 e. The van der Waals surface area contributed by atoms with E-state index in [2.05, 4.69) is 44.1 Å². The summed E-state index contributed by atoms with van der Waals surface area (Å²) in [6.45, 7) is 5.05. The smallest absolute Gasteiger partial charge is 0.246 e. The van der Waals surface area contributed by atoms with Crippen molar-refractivity contribution >= 4 is 52.9 Å². The van der Waals surface area contributed by atoms with Crippen molar-refractivity contribution in [2.45, 2.75) is 12.5 Å². The number of nitrogens with zero attached hydrogens (tertiary/aromatic N) is 3. The standard InChI is InChI=1S/C22H29N5O2S.HI/c1-23-22(25-16-21(28)27-9-8-17-5-2-3-6-18(17)27)24-15-19(20-7-4-14-30-20)26-10-12-29-13-11-26;/h2-7,14,19H,8-13,15-16H2,1H3,(H2,23,24,25);1H. The highest BCUT2D eigenvalue weighted by atomic mass is 127. The first kappa shape index (κ1) is 24.0. The molecule has 1 amide bonds. The Morgan fingerprint density at radius 1 is 1.16 bits per heavy atom. The van der Waals surface area contributed by atoms with Crippen LogP contribution in [-0.4, -0.2) is 69.8 Å². The van der Waals surface area contributed by atoms with Gasteiger partial charge in [0, 0.05) is 43.8 Å². The fraction of sp³-hybridized carbons (Fsp3) is 0.455. The van der Waals surface area contributed by atoms with Crippen LogP contribution in [0.25, 0.3) is 0 Å². The topological polar surface area (TPSA) is 69.2 Å². The van der Waals surface area contributed by atoms with Crippen LogP contribution >= 0.6 is 35.3 Å². The molecule has 9 heteroatoms. The molecule has 2 N–H and O–H groups in total. The molecule has 3 heterocycles.